The van der Waals surface area contributed by atoms with Crippen molar-refractivity contribution >= 4 is 17.5 Å². The second kappa shape index (κ2) is 8.57. The lowest BCUT2D eigenvalue weighted by molar-refractivity contribution is -0.136. The number of benzene rings is 2. The molecule has 2 amide bonds. The molecule has 2 aromatic carbocycles. The smallest absolute Gasteiger partial charge is 0.313 e. The Hall–Kier alpha value is -3.02. The zero-order chi connectivity index (χ0) is 17.4. The maximum Gasteiger partial charge on any atom is 0.313 e. The fourth-order valence-corrected chi connectivity index (χ4v) is 2.08. The summed E-state index contributed by atoms with van der Waals surface area (Å²) >= 11 is 0. The van der Waals surface area contributed by atoms with Crippen LogP contribution >= 0.6 is 0 Å². The van der Waals surface area contributed by atoms with Crippen molar-refractivity contribution in [1.82, 2.24) is 5.32 Å². The van der Waals surface area contributed by atoms with E-state index >= 15 is 0 Å². The van der Waals surface area contributed by atoms with Crippen molar-refractivity contribution in [2.45, 2.75) is 13.5 Å². The number of para-hydroxylation sites is 2. The monoisotopic (exact) mass is 328 g/mol. The molecule has 0 radical (unpaired) electrons. The summed E-state index contributed by atoms with van der Waals surface area (Å²) in [6, 6.07) is 14.2. The number of nitrogens with one attached hydrogen (secondary N) is 2. The third-order valence-electron chi connectivity index (χ3n) is 3.23. The summed E-state index contributed by atoms with van der Waals surface area (Å²) in [4.78, 5) is 24.0. The highest BCUT2D eigenvalue weighted by atomic mass is 16.5. The van der Waals surface area contributed by atoms with E-state index in [-0.39, 0.29) is 6.54 Å². The summed E-state index contributed by atoms with van der Waals surface area (Å²) in [6.07, 6.45) is 0. The van der Waals surface area contributed by atoms with Crippen LogP contribution in [0.25, 0.3) is 0 Å². The van der Waals surface area contributed by atoms with E-state index in [2.05, 4.69) is 10.6 Å². The number of methoxy groups -OCH3 is 1. The van der Waals surface area contributed by atoms with Gasteiger partial charge in [-0.05, 0) is 36.8 Å². The van der Waals surface area contributed by atoms with Gasteiger partial charge >= 0.3 is 11.8 Å². The Morgan fingerprint density at radius 3 is 2.58 bits per heavy atom. The Labute approximate surface area is 140 Å². The molecule has 6 heteroatoms. The minimum Gasteiger partial charge on any atom is -0.497 e. The molecule has 24 heavy (non-hydrogen) atoms. The van der Waals surface area contributed by atoms with Crippen LogP contribution in [-0.4, -0.2) is 25.5 Å². The predicted molar refractivity (Wildman–Crippen MR) is 91.1 cm³/mol. The van der Waals surface area contributed by atoms with Crippen LogP contribution in [0.5, 0.6) is 11.5 Å². The number of hydrogen-bond donors (Lipinski definition) is 2. The first-order valence-corrected chi connectivity index (χ1v) is 7.58. The molecule has 126 valence electrons. The van der Waals surface area contributed by atoms with Crippen LogP contribution in [0, 0.1) is 0 Å². The molecular weight excluding hydrogens is 308 g/mol. The molecule has 0 saturated heterocycles. The first-order valence-electron chi connectivity index (χ1n) is 7.58. The van der Waals surface area contributed by atoms with E-state index in [1.54, 1.807) is 37.4 Å². The second-order valence-electron chi connectivity index (χ2n) is 4.92. The van der Waals surface area contributed by atoms with Crippen LogP contribution in [-0.2, 0) is 16.1 Å². The fraction of sp³-hybridized carbons (Fsp3) is 0.222. The Bertz CT molecular complexity index is 716. The van der Waals surface area contributed by atoms with Gasteiger partial charge in [-0.25, -0.2) is 0 Å². The number of amides is 2. The molecule has 2 N–H and O–H groups in total. The lowest BCUT2D eigenvalue weighted by Gasteiger charge is -2.11. The van der Waals surface area contributed by atoms with Crippen LogP contribution in [0.2, 0.25) is 0 Å². The normalized spacial score (nSPS) is 9.92. The largest absolute Gasteiger partial charge is 0.497 e. The van der Waals surface area contributed by atoms with Gasteiger partial charge in [-0.2, -0.15) is 0 Å². The van der Waals surface area contributed by atoms with Crippen molar-refractivity contribution in [1.29, 1.82) is 0 Å². The minimum atomic E-state index is -0.745. The SMILES string of the molecule is CCOc1ccccc1NC(=O)C(=O)NCc1cccc(OC)c1. The van der Waals surface area contributed by atoms with Crippen LogP contribution in [0.3, 0.4) is 0 Å². The van der Waals surface area contributed by atoms with Crippen molar-refractivity contribution in [3.63, 3.8) is 0 Å². The molecule has 0 aliphatic heterocycles. The molecule has 0 aliphatic rings. The molecule has 0 spiro atoms. The molecule has 6 nitrogen and oxygen atoms in total. The molecule has 0 unspecified atom stereocenters. The Morgan fingerprint density at radius 2 is 1.83 bits per heavy atom. The molecule has 2 rings (SSSR count). The third-order valence-corrected chi connectivity index (χ3v) is 3.23. The van der Waals surface area contributed by atoms with E-state index in [9.17, 15) is 9.59 Å². The molecular formula is C18H20N2O4. The van der Waals surface area contributed by atoms with Gasteiger partial charge in [0.2, 0.25) is 0 Å². The maximum atomic E-state index is 12.0. The first-order chi connectivity index (χ1) is 11.6. The number of rotatable bonds is 6. The molecule has 0 aliphatic carbocycles. The lowest BCUT2D eigenvalue weighted by atomic mass is 10.2. The summed E-state index contributed by atoms with van der Waals surface area (Å²) in [5.74, 6) is -0.250. The van der Waals surface area contributed by atoms with E-state index in [0.717, 1.165) is 5.56 Å². The highest BCUT2D eigenvalue weighted by Gasteiger charge is 2.15. The highest BCUT2D eigenvalue weighted by molar-refractivity contribution is 6.39. The topological polar surface area (TPSA) is 76.7 Å². The zero-order valence-electron chi connectivity index (χ0n) is 13.7. The van der Waals surface area contributed by atoms with E-state index in [1.165, 1.54) is 0 Å². The van der Waals surface area contributed by atoms with Gasteiger partial charge < -0.3 is 20.1 Å². The fourth-order valence-electron chi connectivity index (χ4n) is 2.08. The van der Waals surface area contributed by atoms with Gasteiger partial charge in [-0.15, -0.1) is 0 Å². The van der Waals surface area contributed by atoms with E-state index < -0.39 is 11.8 Å². The highest BCUT2D eigenvalue weighted by Crippen LogP contribution is 2.23. The van der Waals surface area contributed by atoms with Crippen LogP contribution in [0.15, 0.2) is 48.5 Å². The van der Waals surface area contributed by atoms with Crippen LogP contribution < -0.4 is 20.1 Å². The molecule has 0 atom stereocenters. The van der Waals surface area contributed by atoms with Gasteiger partial charge in [0.05, 0.1) is 19.4 Å². The zero-order valence-corrected chi connectivity index (χ0v) is 13.7. The molecule has 0 fully saturated rings. The summed E-state index contributed by atoms with van der Waals surface area (Å²) in [7, 11) is 1.57. The van der Waals surface area contributed by atoms with Gasteiger partial charge in [0, 0.05) is 6.54 Å². The van der Waals surface area contributed by atoms with Crippen molar-refractivity contribution in [2.75, 3.05) is 19.0 Å². The Morgan fingerprint density at radius 1 is 1.04 bits per heavy atom. The molecule has 0 saturated carbocycles. The van der Waals surface area contributed by atoms with Crippen molar-refractivity contribution in [3.8, 4) is 11.5 Å². The standard InChI is InChI=1S/C18H20N2O4/c1-3-24-16-10-5-4-9-15(16)20-18(22)17(21)19-12-13-7-6-8-14(11-13)23-2/h4-11H,3,12H2,1-2H3,(H,19,21)(H,20,22). The lowest BCUT2D eigenvalue weighted by Crippen LogP contribution is -2.35. The maximum absolute atomic E-state index is 12.0. The molecule has 0 aromatic heterocycles. The minimum absolute atomic E-state index is 0.233. The van der Waals surface area contributed by atoms with E-state index in [1.807, 2.05) is 25.1 Å². The summed E-state index contributed by atoms with van der Waals surface area (Å²) < 4.78 is 10.5. The predicted octanol–water partition coefficient (Wildman–Crippen LogP) is 2.35. The van der Waals surface area contributed by atoms with Crippen molar-refractivity contribution < 1.29 is 19.1 Å². The Balaban J connectivity index is 1.94. The second-order valence-corrected chi connectivity index (χ2v) is 4.92. The quantitative estimate of drug-likeness (QED) is 0.798. The number of hydrogen-bond acceptors (Lipinski definition) is 4. The van der Waals surface area contributed by atoms with Crippen molar-refractivity contribution in [3.05, 3.63) is 54.1 Å². The van der Waals surface area contributed by atoms with Gasteiger partial charge in [-0.1, -0.05) is 24.3 Å². The van der Waals surface area contributed by atoms with Crippen LogP contribution in [0.4, 0.5) is 5.69 Å². The van der Waals surface area contributed by atoms with Gasteiger partial charge in [0.1, 0.15) is 11.5 Å². The average molecular weight is 328 g/mol. The number of carbonyl (C=O) groups excluding carboxylic acids is 2. The van der Waals surface area contributed by atoms with Crippen molar-refractivity contribution in [2.24, 2.45) is 0 Å². The van der Waals surface area contributed by atoms with E-state index in [4.69, 9.17) is 9.47 Å². The molecule has 0 bridgehead atoms. The number of carbonyl (C=O) groups is 2. The summed E-state index contributed by atoms with van der Waals surface area (Å²) in [5.41, 5.74) is 1.30. The first kappa shape index (κ1) is 17.3. The number of anilines is 1. The van der Waals surface area contributed by atoms with Crippen LogP contribution in [0.1, 0.15) is 12.5 Å². The number of ether oxygens (including phenoxy) is 2. The Kier molecular flexibility index (Phi) is 6.19. The summed E-state index contributed by atoms with van der Waals surface area (Å²) in [5, 5.41) is 5.13. The summed E-state index contributed by atoms with van der Waals surface area (Å²) in [6.45, 7) is 2.55. The van der Waals surface area contributed by atoms with E-state index in [0.29, 0.717) is 23.8 Å². The molecule has 0 heterocycles. The van der Waals surface area contributed by atoms with Gasteiger partial charge in [0.25, 0.3) is 0 Å². The van der Waals surface area contributed by atoms with Gasteiger partial charge in [-0.3, -0.25) is 9.59 Å². The third kappa shape index (κ3) is 4.74. The average Bonchev–Trinajstić information content (AvgIpc) is 2.61. The van der Waals surface area contributed by atoms with Gasteiger partial charge in [0.15, 0.2) is 0 Å². The molecule has 2 aromatic rings.